The third-order valence-corrected chi connectivity index (χ3v) is 6.21. The van der Waals surface area contributed by atoms with Crippen LogP contribution in [0.2, 0.25) is 5.15 Å². The lowest BCUT2D eigenvalue weighted by atomic mass is 9.92. The van der Waals surface area contributed by atoms with Gasteiger partial charge < -0.3 is 10.6 Å². The van der Waals surface area contributed by atoms with Gasteiger partial charge >= 0.3 is 6.03 Å². The number of nitrogens with one attached hydrogen (secondary N) is 2. The van der Waals surface area contributed by atoms with Crippen molar-refractivity contribution < 1.29 is 22.8 Å². The van der Waals surface area contributed by atoms with Gasteiger partial charge in [-0.1, -0.05) is 11.6 Å². The second-order valence-electron chi connectivity index (χ2n) is 5.95. The van der Waals surface area contributed by atoms with E-state index in [1.165, 1.54) is 12.3 Å². The Morgan fingerprint density at radius 1 is 1.36 bits per heavy atom. The Hall–Kier alpha value is -2.20. The molecule has 0 atom stereocenters. The fourth-order valence-corrected chi connectivity index (χ4v) is 4.55. The Kier molecular flexibility index (Phi) is 4.41. The molecular formula is C14H15ClN4O5S. The van der Waals surface area contributed by atoms with Crippen LogP contribution in [0.1, 0.15) is 12.8 Å². The van der Waals surface area contributed by atoms with Gasteiger partial charge in [0.1, 0.15) is 12.1 Å². The van der Waals surface area contributed by atoms with E-state index >= 15 is 0 Å². The molecule has 9 nitrogen and oxygen atoms in total. The van der Waals surface area contributed by atoms with E-state index < -0.39 is 39.8 Å². The Morgan fingerprint density at radius 2 is 2.04 bits per heavy atom. The molecule has 1 aromatic heterocycles. The highest BCUT2D eigenvalue weighted by atomic mass is 35.5. The van der Waals surface area contributed by atoms with Crippen LogP contribution in [0.3, 0.4) is 0 Å². The first-order valence-corrected chi connectivity index (χ1v) is 9.67. The second-order valence-corrected chi connectivity index (χ2v) is 8.61. The number of rotatable bonds is 3. The predicted octanol–water partition coefficient (Wildman–Crippen LogP) is 0.173. The number of imide groups is 1. The zero-order chi connectivity index (χ0) is 18.2. The van der Waals surface area contributed by atoms with Gasteiger partial charge in [0, 0.05) is 6.20 Å². The minimum absolute atomic E-state index is 0.00641. The zero-order valence-corrected chi connectivity index (χ0v) is 14.6. The summed E-state index contributed by atoms with van der Waals surface area (Å²) in [6, 6.07) is 2.40. The topological polar surface area (TPSA) is 126 Å². The minimum Gasteiger partial charge on any atom is -0.323 e. The van der Waals surface area contributed by atoms with Crippen LogP contribution in [0.4, 0.5) is 10.5 Å². The summed E-state index contributed by atoms with van der Waals surface area (Å²) in [5, 5.41) is 5.11. The molecule has 3 heterocycles. The zero-order valence-electron chi connectivity index (χ0n) is 13.0. The van der Waals surface area contributed by atoms with Gasteiger partial charge in [-0.25, -0.2) is 18.2 Å². The molecular weight excluding hydrogens is 372 g/mol. The van der Waals surface area contributed by atoms with Crippen molar-refractivity contribution in [1.82, 2.24) is 15.2 Å². The Balaban J connectivity index is 1.69. The number of halogens is 1. The van der Waals surface area contributed by atoms with E-state index in [2.05, 4.69) is 15.6 Å². The van der Waals surface area contributed by atoms with Crippen LogP contribution in [0, 0.1) is 0 Å². The number of anilines is 1. The van der Waals surface area contributed by atoms with E-state index in [1.54, 1.807) is 6.07 Å². The van der Waals surface area contributed by atoms with Crippen LogP contribution in [-0.4, -0.2) is 59.7 Å². The van der Waals surface area contributed by atoms with Crippen LogP contribution in [0.25, 0.3) is 0 Å². The van der Waals surface area contributed by atoms with Crippen LogP contribution in [0.5, 0.6) is 0 Å². The fourth-order valence-electron chi connectivity index (χ4n) is 2.86. The van der Waals surface area contributed by atoms with Crippen LogP contribution < -0.4 is 10.6 Å². The van der Waals surface area contributed by atoms with E-state index in [1.807, 2.05) is 0 Å². The van der Waals surface area contributed by atoms with E-state index in [0.29, 0.717) is 0 Å². The fraction of sp³-hybridized carbons (Fsp3) is 0.429. The lowest BCUT2D eigenvalue weighted by Crippen LogP contribution is -2.52. The second kappa shape index (κ2) is 6.26. The van der Waals surface area contributed by atoms with Gasteiger partial charge in [-0.05, 0) is 25.0 Å². The molecule has 3 rings (SSSR count). The molecule has 2 aliphatic rings. The summed E-state index contributed by atoms with van der Waals surface area (Å²) in [7, 11) is -3.20. The first kappa shape index (κ1) is 17.6. The smallest absolute Gasteiger partial charge is 0.323 e. The van der Waals surface area contributed by atoms with Crippen LogP contribution in [-0.2, 0) is 19.4 Å². The highest BCUT2D eigenvalue weighted by molar-refractivity contribution is 7.91. The van der Waals surface area contributed by atoms with Crippen molar-refractivity contribution in [3.63, 3.8) is 0 Å². The van der Waals surface area contributed by atoms with Gasteiger partial charge in [-0.2, -0.15) is 0 Å². The number of carbonyl (C=O) groups is 3. The van der Waals surface area contributed by atoms with Gasteiger partial charge in [0.25, 0.3) is 5.91 Å². The summed E-state index contributed by atoms with van der Waals surface area (Å²) in [6.45, 7) is -0.496. The van der Waals surface area contributed by atoms with Crippen molar-refractivity contribution in [2.45, 2.75) is 18.4 Å². The summed E-state index contributed by atoms with van der Waals surface area (Å²) < 4.78 is 23.1. The predicted molar refractivity (Wildman–Crippen MR) is 88.7 cm³/mol. The number of carbonyl (C=O) groups excluding carboxylic acids is 3. The normalized spacial score (nSPS) is 21.2. The third kappa shape index (κ3) is 3.45. The molecule has 2 aliphatic heterocycles. The van der Waals surface area contributed by atoms with E-state index in [4.69, 9.17) is 11.6 Å². The molecule has 25 heavy (non-hydrogen) atoms. The van der Waals surface area contributed by atoms with Crippen LogP contribution >= 0.6 is 11.6 Å². The van der Waals surface area contributed by atoms with Gasteiger partial charge in [0.15, 0.2) is 15.0 Å². The molecule has 0 bridgehead atoms. The molecule has 1 spiro atoms. The highest BCUT2D eigenvalue weighted by Gasteiger charge is 2.53. The summed E-state index contributed by atoms with van der Waals surface area (Å²) >= 11 is 5.84. The largest absolute Gasteiger partial charge is 0.325 e. The maximum atomic E-state index is 12.6. The van der Waals surface area contributed by atoms with Gasteiger partial charge in [0.2, 0.25) is 5.91 Å². The maximum absolute atomic E-state index is 12.6. The molecule has 4 amide bonds. The van der Waals surface area contributed by atoms with Crippen molar-refractivity contribution in [3.05, 3.63) is 23.5 Å². The molecule has 0 radical (unpaired) electrons. The van der Waals surface area contributed by atoms with Crippen molar-refractivity contribution in [3.8, 4) is 0 Å². The van der Waals surface area contributed by atoms with E-state index in [0.717, 1.165) is 4.90 Å². The molecule has 2 saturated heterocycles. The number of hydrogen-bond acceptors (Lipinski definition) is 6. The number of aromatic nitrogens is 1. The number of urea groups is 1. The highest BCUT2D eigenvalue weighted by Crippen LogP contribution is 2.30. The van der Waals surface area contributed by atoms with Crippen LogP contribution in [0.15, 0.2) is 18.3 Å². The number of hydrogen-bond donors (Lipinski definition) is 2. The van der Waals surface area contributed by atoms with Gasteiger partial charge in [-0.3, -0.25) is 14.5 Å². The lowest BCUT2D eigenvalue weighted by molar-refractivity contribution is -0.134. The molecule has 2 fully saturated rings. The molecule has 0 aromatic carbocycles. The molecule has 0 unspecified atom stereocenters. The van der Waals surface area contributed by atoms with E-state index in [9.17, 15) is 22.8 Å². The van der Waals surface area contributed by atoms with Crippen molar-refractivity contribution in [2.24, 2.45) is 0 Å². The third-order valence-electron chi connectivity index (χ3n) is 4.26. The van der Waals surface area contributed by atoms with Crippen molar-refractivity contribution in [2.75, 3.05) is 23.4 Å². The van der Waals surface area contributed by atoms with Crippen molar-refractivity contribution in [1.29, 1.82) is 0 Å². The number of nitrogens with zero attached hydrogens (tertiary/aromatic N) is 2. The minimum atomic E-state index is -3.20. The molecule has 2 N–H and O–H groups in total. The first-order valence-electron chi connectivity index (χ1n) is 7.47. The molecule has 11 heteroatoms. The maximum Gasteiger partial charge on any atom is 0.325 e. The average molecular weight is 387 g/mol. The van der Waals surface area contributed by atoms with Crippen molar-refractivity contribution >= 4 is 45.0 Å². The Bertz CT molecular complexity index is 843. The lowest BCUT2D eigenvalue weighted by Gasteiger charge is -2.30. The molecule has 0 saturated carbocycles. The van der Waals surface area contributed by atoms with Gasteiger partial charge in [0.05, 0.1) is 17.2 Å². The number of sulfone groups is 1. The molecule has 134 valence electrons. The van der Waals surface area contributed by atoms with E-state index in [-0.39, 0.29) is 35.2 Å². The standard InChI is InChI=1S/C14H15ClN4O5S/c15-11-9(2-1-5-16-11)17-10(20)8-19-12(21)14(18-13(19)22)3-6-25(23,24)7-4-14/h1-2,5H,3-4,6-8H2,(H,17,20)(H,18,22). The monoisotopic (exact) mass is 386 g/mol. The average Bonchev–Trinajstić information content (AvgIpc) is 2.77. The Morgan fingerprint density at radius 3 is 2.68 bits per heavy atom. The number of pyridine rings is 1. The SMILES string of the molecule is O=C(CN1C(=O)NC2(CCS(=O)(=O)CC2)C1=O)Nc1cccnc1Cl. The molecule has 1 aromatic rings. The van der Waals surface area contributed by atoms with Gasteiger partial charge in [-0.15, -0.1) is 0 Å². The summed E-state index contributed by atoms with van der Waals surface area (Å²) in [5.41, 5.74) is -0.978. The quantitative estimate of drug-likeness (QED) is 0.563. The summed E-state index contributed by atoms with van der Waals surface area (Å²) in [4.78, 5) is 41.4. The summed E-state index contributed by atoms with van der Waals surface area (Å²) in [5.74, 6) is -1.55. The molecule has 0 aliphatic carbocycles. The number of amides is 4. The Labute approximate surface area is 148 Å². The summed E-state index contributed by atoms with van der Waals surface area (Å²) in [6.07, 6.45) is 1.47. The first-order chi connectivity index (χ1) is 11.7.